The van der Waals surface area contributed by atoms with Crippen molar-refractivity contribution in [3.8, 4) is 0 Å². The second-order valence-electron chi connectivity index (χ2n) is 6.17. The van der Waals surface area contributed by atoms with Gasteiger partial charge in [0.05, 0.1) is 32.0 Å². The van der Waals surface area contributed by atoms with E-state index in [0.717, 1.165) is 19.9 Å². The van der Waals surface area contributed by atoms with Crippen molar-refractivity contribution in [2.75, 3.05) is 33.3 Å². The first kappa shape index (κ1) is 14.8. The van der Waals surface area contributed by atoms with Crippen LogP contribution >= 0.6 is 0 Å². The van der Waals surface area contributed by atoms with E-state index >= 15 is 0 Å². The van der Waals surface area contributed by atoms with Crippen molar-refractivity contribution in [3.05, 3.63) is 71.8 Å². The Balaban J connectivity index is 1.48. The maximum absolute atomic E-state index is 5.73. The van der Waals surface area contributed by atoms with Crippen molar-refractivity contribution in [1.82, 2.24) is 9.80 Å². The van der Waals surface area contributed by atoms with Crippen molar-refractivity contribution in [2.45, 2.75) is 12.1 Å². The zero-order chi connectivity index (χ0) is 15.5. The molecule has 2 heterocycles. The molecular formula is C19H22N2O2. The van der Waals surface area contributed by atoms with E-state index in [-0.39, 0.29) is 0 Å². The molecule has 2 aromatic rings. The molecule has 0 saturated carbocycles. The Kier molecular flexibility index (Phi) is 4.39. The third-order valence-corrected chi connectivity index (χ3v) is 4.68. The van der Waals surface area contributed by atoms with Crippen LogP contribution in [0.25, 0.3) is 0 Å². The van der Waals surface area contributed by atoms with Gasteiger partial charge in [-0.3, -0.25) is 9.80 Å². The lowest BCUT2D eigenvalue weighted by atomic mass is 10.1. The van der Waals surface area contributed by atoms with Gasteiger partial charge in [0.25, 0.3) is 0 Å². The maximum Gasteiger partial charge on any atom is 0.101 e. The second-order valence-corrected chi connectivity index (χ2v) is 6.17. The van der Waals surface area contributed by atoms with Gasteiger partial charge < -0.3 is 9.47 Å². The summed E-state index contributed by atoms with van der Waals surface area (Å²) >= 11 is 0. The fourth-order valence-electron chi connectivity index (χ4n) is 3.43. The van der Waals surface area contributed by atoms with Crippen LogP contribution in [0.2, 0.25) is 0 Å². The summed E-state index contributed by atoms with van der Waals surface area (Å²) in [6.07, 6.45) is 0. The van der Waals surface area contributed by atoms with E-state index < -0.39 is 0 Å². The van der Waals surface area contributed by atoms with Crippen molar-refractivity contribution < 1.29 is 9.47 Å². The van der Waals surface area contributed by atoms with E-state index in [1.807, 2.05) is 0 Å². The quantitative estimate of drug-likeness (QED) is 0.867. The summed E-state index contributed by atoms with van der Waals surface area (Å²) in [5, 5.41) is 0. The summed E-state index contributed by atoms with van der Waals surface area (Å²) in [5.41, 5.74) is 2.64. The topological polar surface area (TPSA) is 24.9 Å². The Labute approximate surface area is 137 Å². The number of hydrogen-bond donors (Lipinski definition) is 0. The molecule has 4 rings (SSSR count). The van der Waals surface area contributed by atoms with Crippen molar-refractivity contribution in [1.29, 1.82) is 0 Å². The Morgan fingerprint density at radius 2 is 1.13 bits per heavy atom. The smallest absolute Gasteiger partial charge is 0.101 e. The Bertz CT molecular complexity index is 564. The van der Waals surface area contributed by atoms with E-state index in [1.54, 1.807) is 0 Å². The highest BCUT2D eigenvalue weighted by Crippen LogP contribution is 2.31. The third kappa shape index (κ3) is 3.16. The summed E-state index contributed by atoms with van der Waals surface area (Å²) in [7, 11) is 0. The van der Waals surface area contributed by atoms with Gasteiger partial charge in [0.2, 0.25) is 0 Å². The molecule has 0 aliphatic carbocycles. The largest absolute Gasteiger partial charge is 0.364 e. The molecule has 120 valence electrons. The molecule has 0 unspecified atom stereocenters. The van der Waals surface area contributed by atoms with Crippen LogP contribution in [-0.2, 0) is 9.47 Å². The molecule has 0 N–H and O–H groups in total. The van der Waals surface area contributed by atoms with Crippen LogP contribution in [0.5, 0.6) is 0 Å². The standard InChI is InChI=1S/C19H22N2O2/c1-3-7-16(8-4-1)18-11-22-14-20(18)13-21-15-23-12-19(21)17-9-5-2-6-10-17/h1-10,18-19H,11-15H2/t18-,19-/m0/s1. The Hall–Kier alpha value is -1.72. The third-order valence-electron chi connectivity index (χ3n) is 4.68. The number of hydrogen-bond acceptors (Lipinski definition) is 4. The van der Waals surface area contributed by atoms with E-state index in [0.29, 0.717) is 25.5 Å². The van der Waals surface area contributed by atoms with Gasteiger partial charge in [-0.25, -0.2) is 0 Å². The van der Waals surface area contributed by atoms with Crippen molar-refractivity contribution in [3.63, 3.8) is 0 Å². The normalized spacial score (nSPS) is 25.9. The first-order valence-corrected chi connectivity index (χ1v) is 8.15. The highest BCUT2D eigenvalue weighted by molar-refractivity contribution is 5.21. The number of ether oxygens (including phenoxy) is 2. The van der Waals surface area contributed by atoms with Gasteiger partial charge in [0.15, 0.2) is 0 Å². The molecule has 0 amide bonds. The van der Waals surface area contributed by atoms with Gasteiger partial charge in [0, 0.05) is 0 Å². The Morgan fingerprint density at radius 3 is 1.57 bits per heavy atom. The van der Waals surface area contributed by atoms with Crippen molar-refractivity contribution in [2.24, 2.45) is 0 Å². The van der Waals surface area contributed by atoms with Gasteiger partial charge in [-0.15, -0.1) is 0 Å². The fourth-order valence-corrected chi connectivity index (χ4v) is 3.43. The van der Waals surface area contributed by atoms with Crippen LogP contribution in [0.1, 0.15) is 23.2 Å². The molecule has 2 fully saturated rings. The van der Waals surface area contributed by atoms with Gasteiger partial charge in [-0.05, 0) is 11.1 Å². The van der Waals surface area contributed by atoms with Gasteiger partial charge in [-0.2, -0.15) is 0 Å². The van der Waals surface area contributed by atoms with Crippen LogP contribution in [0.3, 0.4) is 0 Å². The summed E-state index contributed by atoms with van der Waals surface area (Å²) in [4.78, 5) is 4.78. The zero-order valence-electron chi connectivity index (χ0n) is 13.2. The summed E-state index contributed by atoms with van der Waals surface area (Å²) in [5.74, 6) is 0. The molecule has 0 bridgehead atoms. The first-order valence-electron chi connectivity index (χ1n) is 8.15. The molecule has 2 atom stereocenters. The average molecular weight is 310 g/mol. The molecule has 2 aromatic carbocycles. The molecule has 2 aliphatic rings. The molecule has 2 aliphatic heterocycles. The number of rotatable bonds is 4. The van der Waals surface area contributed by atoms with Crippen LogP contribution in [0, 0.1) is 0 Å². The summed E-state index contributed by atoms with van der Waals surface area (Å²) < 4.78 is 11.5. The van der Waals surface area contributed by atoms with Crippen molar-refractivity contribution >= 4 is 0 Å². The SMILES string of the molecule is c1ccc([C@@H]2COCN2CN2COC[C@H]2c2ccccc2)cc1. The molecule has 0 spiro atoms. The molecule has 23 heavy (non-hydrogen) atoms. The molecule has 2 saturated heterocycles. The van der Waals surface area contributed by atoms with Gasteiger partial charge in [0.1, 0.15) is 13.5 Å². The molecular weight excluding hydrogens is 288 g/mol. The van der Waals surface area contributed by atoms with Crippen LogP contribution < -0.4 is 0 Å². The highest BCUT2D eigenvalue weighted by atomic mass is 16.5. The van der Waals surface area contributed by atoms with E-state index in [2.05, 4.69) is 70.5 Å². The zero-order valence-corrected chi connectivity index (χ0v) is 13.2. The monoisotopic (exact) mass is 310 g/mol. The van der Waals surface area contributed by atoms with Gasteiger partial charge in [-0.1, -0.05) is 60.7 Å². The predicted molar refractivity (Wildman–Crippen MR) is 88.5 cm³/mol. The van der Waals surface area contributed by atoms with E-state index in [1.165, 1.54) is 11.1 Å². The predicted octanol–water partition coefficient (Wildman–Crippen LogP) is 3.01. The number of benzene rings is 2. The number of nitrogens with zero attached hydrogens (tertiary/aromatic N) is 2. The molecule has 4 nitrogen and oxygen atoms in total. The average Bonchev–Trinajstić information content (AvgIpc) is 3.26. The first-order chi connectivity index (χ1) is 11.4. The minimum atomic E-state index is 0.327. The molecule has 4 heteroatoms. The fraction of sp³-hybridized carbons (Fsp3) is 0.368. The Morgan fingerprint density at radius 1 is 0.696 bits per heavy atom. The second kappa shape index (κ2) is 6.81. The summed E-state index contributed by atoms with van der Waals surface area (Å²) in [6, 6.07) is 21.9. The lowest BCUT2D eigenvalue weighted by Crippen LogP contribution is -2.38. The minimum absolute atomic E-state index is 0.327. The van der Waals surface area contributed by atoms with Gasteiger partial charge >= 0.3 is 0 Å². The van der Waals surface area contributed by atoms with Crippen LogP contribution in [-0.4, -0.2) is 43.1 Å². The lowest BCUT2D eigenvalue weighted by molar-refractivity contribution is 0.0530. The minimum Gasteiger partial charge on any atom is -0.364 e. The van der Waals surface area contributed by atoms with Crippen LogP contribution in [0.4, 0.5) is 0 Å². The maximum atomic E-state index is 5.73. The highest BCUT2D eigenvalue weighted by Gasteiger charge is 2.33. The lowest BCUT2D eigenvalue weighted by Gasteiger charge is -2.30. The van der Waals surface area contributed by atoms with E-state index in [9.17, 15) is 0 Å². The van der Waals surface area contributed by atoms with E-state index in [4.69, 9.17) is 9.47 Å². The molecule has 0 aromatic heterocycles. The summed E-state index contributed by atoms with van der Waals surface area (Å²) in [6.45, 7) is 3.73. The van der Waals surface area contributed by atoms with Crippen LogP contribution in [0.15, 0.2) is 60.7 Å². The molecule has 0 radical (unpaired) electrons.